The topological polar surface area (TPSA) is 96.7 Å². The summed E-state index contributed by atoms with van der Waals surface area (Å²) in [6, 6.07) is 10.2. The Morgan fingerprint density at radius 3 is 2.53 bits per heavy atom. The van der Waals surface area contributed by atoms with Crippen LogP contribution in [-0.2, 0) is 30.4 Å². The molecule has 8 heteroatoms. The number of para-hydroxylation sites is 1. The number of carbonyl (C=O) groups excluding carboxylic acids is 2. The fourth-order valence-electron chi connectivity index (χ4n) is 4.41. The average Bonchev–Trinajstić information content (AvgIpc) is 3.13. The van der Waals surface area contributed by atoms with Crippen molar-refractivity contribution in [3.63, 3.8) is 0 Å². The highest BCUT2D eigenvalue weighted by Gasteiger charge is 2.39. The smallest absolute Gasteiger partial charge is 0.333 e. The number of hydrogen-bond donors (Lipinski definition) is 0. The molecule has 32 heavy (non-hydrogen) atoms. The molecule has 0 saturated carbocycles. The van der Waals surface area contributed by atoms with Crippen LogP contribution in [0.25, 0.3) is 22.3 Å². The van der Waals surface area contributed by atoms with Crippen molar-refractivity contribution in [1.29, 1.82) is 0 Å². The van der Waals surface area contributed by atoms with Crippen molar-refractivity contribution in [3.8, 4) is 11.4 Å². The molecule has 8 nitrogen and oxygen atoms in total. The lowest BCUT2D eigenvalue weighted by Gasteiger charge is -2.20. The Kier molecular flexibility index (Phi) is 5.80. The summed E-state index contributed by atoms with van der Waals surface area (Å²) in [5.74, 6) is -1.66. The Morgan fingerprint density at radius 1 is 1.12 bits per heavy atom. The van der Waals surface area contributed by atoms with Gasteiger partial charge in [0.15, 0.2) is 6.04 Å². The molecular weight excluding hydrogens is 412 g/mol. The molecule has 2 unspecified atom stereocenters. The summed E-state index contributed by atoms with van der Waals surface area (Å²) in [4.78, 5) is 43.7. The molecule has 0 aliphatic carbocycles. The lowest BCUT2D eigenvalue weighted by molar-refractivity contribution is -0.143. The molecule has 2 aromatic heterocycles. The van der Waals surface area contributed by atoms with Crippen LogP contribution in [0.1, 0.15) is 42.0 Å². The molecule has 0 bridgehead atoms. The van der Waals surface area contributed by atoms with E-state index in [9.17, 15) is 14.4 Å². The van der Waals surface area contributed by atoms with Gasteiger partial charge in [-0.3, -0.25) is 14.2 Å². The highest BCUT2D eigenvalue weighted by atomic mass is 16.5. The van der Waals surface area contributed by atoms with Crippen LogP contribution in [0.2, 0.25) is 0 Å². The number of rotatable bonds is 6. The monoisotopic (exact) mass is 436 g/mol. The van der Waals surface area contributed by atoms with Crippen molar-refractivity contribution in [2.45, 2.75) is 31.9 Å². The molecule has 0 saturated heterocycles. The highest BCUT2D eigenvalue weighted by molar-refractivity contribution is 5.91. The molecule has 0 N–H and O–H groups in total. The van der Waals surface area contributed by atoms with Gasteiger partial charge in [-0.1, -0.05) is 25.1 Å². The van der Waals surface area contributed by atoms with Crippen LogP contribution in [0.4, 0.5) is 0 Å². The molecule has 2 atom stereocenters. The summed E-state index contributed by atoms with van der Waals surface area (Å²) in [6.07, 6.45) is 0.435. The Morgan fingerprint density at radius 2 is 1.88 bits per heavy atom. The molecule has 1 aromatic carbocycles. The van der Waals surface area contributed by atoms with Gasteiger partial charge in [-0.05, 0) is 30.2 Å². The van der Waals surface area contributed by atoms with Crippen molar-refractivity contribution < 1.29 is 23.8 Å². The minimum absolute atomic E-state index is 0.0123. The minimum Gasteiger partial charge on any atom is -0.469 e. The van der Waals surface area contributed by atoms with Crippen LogP contribution in [0, 0.1) is 0 Å². The zero-order chi connectivity index (χ0) is 23.0. The quantitative estimate of drug-likeness (QED) is 0.548. The van der Waals surface area contributed by atoms with Gasteiger partial charge in [0, 0.05) is 23.6 Å². The predicted octanol–water partition coefficient (Wildman–Crippen LogP) is 2.95. The molecule has 0 fully saturated rings. The number of pyridine rings is 2. The Labute approximate surface area is 184 Å². The summed E-state index contributed by atoms with van der Waals surface area (Å²) >= 11 is 0. The number of aromatic nitrogens is 2. The van der Waals surface area contributed by atoms with Gasteiger partial charge in [-0.15, -0.1) is 0 Å². The molecule has 0 amide bonds. The van der Waals surface area contributed by atoms with Crippen LogP contribution < -0.4 is 5.56 Å². The van der Waals surface area contributed by atoms with E-state index in [0.717, 1.165) is 10.9 Å². The van der Waals surface area contributed by atoms with Gasteiger partial charge >= 0.3 is 11.9 Å². The number of nitrogens with zero attached hydrogens (tertiary/aromatic N) is 2. The highest BCUT2D eigenvalue weighted by Crippen LogP contribution is 2.41. The van der Waals surface area contributed by atoms with Crippen molar-refractivity contribution in [2.24, 2.45) is 0 Å². The zero-order valence-corrected chi connectivity index (χ0v) is 18.4. The van der Waals surface area contributed by atoms with Crippen LogP contribution in [-0.4, -0.2) is 42.8 Å². The SMILES string of the molecule is CCC(C(=O)OC)c1cc2n(c(=O)c1COC)C(C(=O)OC)c1cc3ccccc3nc1-2. The molecule has 4 rings (SSSR count). The van der Waals surface area contributed by atoms with Crippen molar-refractivity contribution in [2.75, 3.05) is 21.3 Å². The van der Waals surface area contributed by atoms with E-state index in [1.165, 1.54) is 25.9 Å². The second-order valence-corrected chi connectivity index (χ2v) is 7.60. The van der Waals surface area contributed by atoms with Gasteiger partial charge in [0.05, 0.1) is 43.6 Å². The third-order valence-electron chi connectivity index (χ3n) is 5.91. The van der Waals surface area contributed by atoms with E-state index in [-0.39, 0.29) is 6.61 Å². The molecule has 3 aromatic rings. The van der Waals surface area contributed by atoms with E-state index in [2.05, 4.69) is 0 Å². The molecule has 0 spiro atoms. The lowest BCUT2D eigenvalue weighted by atomic mass is 9.92. The maximum absolute atomic E-state index is 13.7. The summed E-state index contributed by atoms with van der Waals surface area (Å²) in [5.41, 5.74) is 2.70. The Balaban J connectivity index is 2.08. The normalized spacial score (nSPS) is 15.2. The molecule has 1 aliphatic heterocycles. The zero-order valence-electron chi connectivity index (χ0n) is 18.4. The second-order valence-electron chi connectivity index (χ2n) is 7.60. The van der Waals surface area contributed by atoms with E-state index in [4.69, 9.17) is 19.2 Å². The predicted molar refractivity (Wildman–Crippen MR) is 117 cm³/mol. The van der Waals surface area contributed by atoms with E-state index >= 15 is 0 Å². The van der Waals surface area contributed by atoms with Gasteiger partial charge in [0.25, 0.3) is 5.56 Å². The fraction of sp³-hybridized carbons (Fsp3) is 0.333. The Bertz CT molecular complexity index is 1280. The van der Waals surface area contributed by atoms with Crippen LogP contribution >= 0.6 is 0 Å². The summed E-state index contributed by atoms with van der Waals surface area (Å²) in [6.45, 7) is 1.83. The number of methoxy groups -OCH3 is 3. The molecule has 3 heterocycles. The minimum atomic E-state index is -0.975. The third kappa shape index (κ3) is 3.27. The first-order valence-corrected chi connectivity index (χ1v) is 10.3. The molecular formula is C24H24N2O6. The fourth-order valence-corrected chi connectivity index (χ4v) is 4.41. The number of benzene rings is 1. The van der Waals surface area contributed by atoms with E-state index < -0.39 is 29.5 Å². The number of ether oxygens (including phenoxy) is 3. The molecule has 0 radical (unpaired) electrons. The number of hydrogen-bond acceptors (Lipinski definition) is 7. The van der Waals surface area contributed by atoms with Gasteiger partial charge in [0.2, 0.25) is 0 Å². The van der Waals surface area contributed by atoms with Crippen LogP contribution in [0.15, 0.2) is 41.2 Å². The van der Waals surface area contributed by atoms with E-state index in [1.54, 1.807) is 6.07 Å². The van der Waals surface area contributed by atoms with Crippen molar-refractivity contribution >= 4 is 22.8 Å². The number of carbonyl (C=O) groups is 2. The third-order valence-corrected chi connectivity index (χ3v) is 5.91. The first-order valence-electron chi connectivity index (χ1n) is 10.3. The standard InChI is InChI=1S/C24H24N2O6/c1-5-14(23(28)31-3)15-11-19-20-16(10-13-8-6-7-9-18(13)25-20)21(24(29)32-4)26(19)22(27)17(15)12-30-2/h6-11,14,21H,5,12H2,1-4H3. The van der Waals surface area contributed by atoms with Gasteiger partial charge in [-0.2, -0.15) is 0 Å². The maximum atomic E-state index is 13.7. The first-order chi connectivity index (χ1) is 15.5. The van der Waals surface area contributed by atoms with Crippen molar-refractivity contribution in [3.05, 3.63) is 63.4 Å². The van der Waals surface area contributed by atoms with Crippen molar-refractivity contribution in [1.82, 2.24) is 9.55 Å². The van der Waals surface area contributed by atoms with E-state index in [1.807, 2.05) is 37.3 Å². The Hall–Kier alpha value is -3.52. The largest absolute Gasteiger partial charge is 0.469 e. The van der Waals surface area contributed by atoms with Gasteiger partial charge in [0.1, 0.15) is 0 Å². The summed E-state index contributed by atoms with van der Waals surface area (Å²) in [7, 11) is 4.08. The number of fused-ring (bicyclic) bond motifs is 4. The first kappa shape index (κ1) is 21.7. The van der Waals surface area contributed by atoms with Crippen LogP contribution in [0.3, 0.4) is 0 Å². The lowest BCUT2D eigenvalue weighted by Crippen LogP contribution is -2.33. The molecule has 166 valence electrons. The van der Waals surface area contributed by atoms with E-state index in [0.29, 0.717) is 34.5 Å². The van der Waals surface area contributed by atoms with Crippen LogP contribution in [0.5, 0.6) is 0 Å². The summed E-state index contributed by atoms with van der Waals surface area (Å²) in [5, 5.41) is 0.847. The maximum Gasteiger partial charge on any atom is 0.333 e. The molecule has 1 aliphatic rings. The number of esters is 2. The van der Waals surface area contributed by atoms with Gasteiger partial charge < -0.3 is 14.2 Å². The second kappa shape index (κ2) is 8.55. The van der Waals surface area contributed by atoms with Gasteiger partial charge in [-0.25, -0.2) is 9.78 Å². The summed E-state index contributed by atoms with van der Waals surface area (Å²) < 4.78 is 16.7. The average molecular weight is 436 g/mol.